The molecule has 7 rings (SSSR count). The Bertz CT molecular complexity index is 1050. The molecule has 0 amide bonds. The number of allylic oxidation sites excluding steroid dienone is 3. The SMILES string of the molecule is CN(C)[C@H]1C[C@@]23CC[C@@]4(O2)C(=CC[C@]2(C)C(c5ccncc5)=CCC24)C2CC23[C@@H](O)[C@@H]1O. The molecule has 4 fully saturated rings. The Kier molecular flexibility index (Phi) is 3.69. The fraction of sp³-hybridized carbons (Fsp3) is 0.667. The van der Waals surface area contributed by atoms with E-state index in [1.807, 2.05) is 26.5 Å². The average Bonchev–Trinajstić information content (AvgIpc) is 3.31. The van der Waals surface area contributed by atoms with Crippen LogP contribution in [0.15, 0.2) is 42.3 Å². The first-order valence-corrected chi connectivity index (χ1v) is 12.3. The molecule has 1 aromatic rings. The van der Waals surface area contributed by atoms with Crippen LogP contribution < -0.4 is 0 Å². The smallest absolute Gasteiger partial charge is 0.0961 e. The molecule has 2 N–H and O–H groups in total. The summed E-state index contributed by atoms with van der Waals surface area (Å²) in [6.07, 6.45) is 13.2. The van der Waals surface area contributed by atoms with Crippen molar-refractivity contribution in [2.45, 2.75) is 74.9 Å². The van der Waals surface area contributed by atoms with Crippen LogP contribution in [0.2, 0.25) is 0 Å². The number of rotatable bonds is 2. The summed E-state index contributed by atoms with van der Waals surface area (Å²) < 4.78 is 7.38. The third kappa shape index (κ3) is 2.01. The lowest BCUT2D eigenvalue weighted by Gasteiger charge is -2.59. The van der Waals surface area contributed by atoms with E-state index in [-0.39, 0.29) is 28.1 Å². The van der Waals surface area contributed by atoms with Crippen molar-refractivity contribution < 1.29 is 14.9 Å². The lowest BCUT2D eigenvalue weighted by molar-refractivity contribution is -0.248. The van der Waals surface area contributed by atoms with E-state index in [2.05, 4.69) is 41.1 Å². The van der Waals surface area contributed by atoms with Gasteiger partial charge < -0.3 is 19.8 Å². The van der Waals surface area contributed by atoms with Crippen molar-refractivity contribution in [3.05, 3.63) is 47.8 Å². The first kappa shape index (κ1) is 19.9. The highest BCUT2D eigenvalue weighted by molar-refractivity contribution is 5.74. The van der Waals surface area contributed by atoms with Crippen LogP contribution in [-0.2, 0) is 4.74 Å². The number of pyridine rings is 1. The summed E-state index contributed by atoms with van der Waals surface area (Å²) in [7, 11) is 4.02. The van der Waals surface area contributed by atoms with Gasteiger partial charge >= 0.3 is 0 Å². The van der Waals surface area contributed by atoms with Crippen molar-refractivity contribution in [2.24, 2.45) is 22.7 Å². The molecule has 2 aliphatic heterocycles. The van der Waals surface area contributed by atoms with Crippen LogP contribution in [0.1, 0.15) is 51.0 Å². The van der Waals surface area contributed by atoms with Crippen LogP contribution in [0.5, 0.6) is 0 Å². The zero-order valence-corrected chi connectivity index (χ0v) is 19.3. The largest absolute Gasteiger partial charge is 0.390 e. The summed E-state index contributed by atoms with van der Waals surface area (Å²) in [6.45, 7) is 2.43. The van der Waals surface area contributed by atoms with E-state index in [0.29, 0.717) is 11.8 Å². The quantitative estimate of drug-likeness (QED) is 0.700. The number of aliphatic hydroxyl groups is 2. The van der Waals surface area contributed by atoms with Gasteiger partial charge in [0.15, 0.2) is 0 Å². The summed E-state index contributed by atoms with van der Waals surface area (Å²) >= 11 is 0. The van der Waals surface area contributed by atoms with Crippen molar-refractivity contribution in [3.8, 4) is 0 Å². The molecule has 3 spiro atoms. The van der Waals surface area contributed by atoms with Crippen molar-refractivity contribution in [1.82, 2.24) is 9.88 Å². The zero-order chi connectivity index (χ0) is 22.1. The van der Waals surface area contributed by atoms with E-state index in [0.717, 1.165) is 38.5 Å². The summed E-state index contributed by atoms with van der Waals surface area (Å²) in [5.41, 5.74) is 3.40. The third-order valence-electron chi connectivity index (χ3n) is 10.7. The molecule has 5 nitrogen and oxygen atoms in total. The highest BCUT2D eigenvalue weighted by atomic mass is 16.5. The van der Waals surface area contributed by atoms with Crippen molar-refractivity contribution in [1.29, 1.82) is 0 Å². The van der Waals surface area contributed by atoms with Gasteiger partial charge in [0.2, 0.25) is 0 Å². The minimum Gasteiger partial charge on any atom is -0.390 e. The number of aromatic nitrogens is 1. The van der Waals surface area contributed by atoms with Crippen LogP contribution in [-0.4, -0.2) is 63.6 Å². The summed E-state index contributed by atoms with van der Waals surface area (Å²) in [4.78, 5) is 6.31. The summed E-state index contributed by atoms with van der Waals surface area (Å²) in [6, 6.07) is 4.21. The molecule has 4 aliphatic carbocycles. The molecule has 2 bridgehead atoms. The fourth-order valence-corrected chi connectivity index (χ4v) is 9.16. The van der Waals surface area contributed by atoms with E-state index in [4.69, 9.17) is 4.74 Å². The van der Waals surface area contributed by atoms with Gasteiger partial charge in [0.1, 0.15) is 0 Å². The Hall–Kier alpha value is -1.53. The minimum atomic E-state index is -0.715. The van der Waals surface area contributed by atoms with Gasteiger partial charge in [0.25, 0.3) is 0 Å². The second-order valence-electron chi connectivity index (χ2n) is 11.9. The number of likely N-dealkylation sites (N-methyl/N-ethyl adjacent to an activating group) is 1. The van der Waals surface area contributed by atoms with Gasteiger partial charge in [-0.1, -0.05) is 19.1 Å². The molecule has 0 aromatic carbocycles. The van der Waals surface area contributed by atoms with Crippen molar-refractivity contribution >= 4 is 5.57 Å². The predicted molar refractivity (Wildman–Crippen MR) is 122 cm³/mol. The van der Waals surface area contributed by atoms with Gasteiger partial charge in [0.05, 0.1) is 23.4 Å². The maximum atomic E-state index is 11.4. The van der Waals surface area contributed by atoms with Crippen molar-refractivity contribution in [3.63, 3.8) is 0 Å². The number of ether oxygens (including phenoxy) is 1. The van der Waals surface area contributed by atoms with E-state index in [1.165, 1.54) is 16.7 Å². The number of aliphatic hydroxyl groups excluding tert-OH is 2. The number of hydrogen-bond acceptors (Lipinski definition) is 5. The Morgan fingerprint density at radius 3 is 2.62 bits per heavy atom. The second-order valence-corrected chi connectivity index (χ2v) is 11.9. The molecule has 2 saturated carbocycles. The number of hydrogen-bond donors (Lipinski definition) is 2. The standard InChI is InChI=1S/C27H34N2O3/c1-24-9-6-18-19-14-26(19)23(31)22(30)20(29(2)3)15-25(26)10-11-27(18,32-25)21(24)5-4-17(24)16-7-12-28-13-8-16/h4,6-8,12-13,19-23,30-31H,5,9-11,14-15H2,1-3H3/t19?,20-,21?,22+,23-,24+,25+,26?,27+/m0/s1. The van der Waals surface area contributed by atoms with Gasteiger partial charge in [-0.2, -0.15) is 0 Å². The average molecular weight is 435 g/mol. The molecule has 3 heterocycles. The Morgan fingerprint density at radius 2 is 1.88 bits per heavy atom. The molecule has 5 heteroatoms. The van der Waals surface area contributed by atoms with Gasteiger partial charge in [-0.25, -0.2) is 0 Å². The van der Waals surface area contributed by atoms with Gasteiger partial charge in [-0.15, -0.1) is 0 Å². The first-order chi connectivity index (χ1) is 15.3. The zero-order valence-electron chi connectivity index (χ0n) is 19.3. The minimum absolute atomic E-state index is 0.0546. The Morgan fingerprint density at radius 1 is 1.09 bits per heavy atom. The monoisotopic (exact) mass is 434 g/mol. The molecule has 170 valence electrons. The normalized spacial score (nSPS) is 52.5. The van der Waals surface area contributed by atoms with Crippen LogP contribution in [0.4, 0.5) is 0 Å². The van der Waals surface area contributed by atoms with Crippen LogP contribution in [0.3, 0.4) is 0 Å². The molecule has 0 radical (unpaired) electrons. The maximum absolute atomic E-state index is 11.4. The highest BCUT2D eigenvalue weighted by Crippen LogP contribution is 2.81. The van der Waals surface area contributed by atoms with Crippen molar-refractivity contribution in [2.75, 3.05) is 14.1 Å². The topological polar surface area (TPSA) is 65.8 Å². The number of nitrogens with zero attached hydrogens (tertiary/aromatic N) is 2. The molecule has 6 aliphatic rings. The van der Waals surface area contributed by atoms with E-state index < -0.39 is 12.2 Å². The Balaban J connectivity index is 1.33. The molecule has 1 aromatic heterocycles. The van der Waals surface area contributed by atoms with Crippen LogP contribution in [0, 0.1) is 22.7 Å². The van der Waals surface area contributed by atoms with Gasteiger partial charge in [-0.05, 0) is 87.4 Å². The van der Waals surface area contributed by atoms with Crippen LogP contribution in [0.25, 0.3) is 5.57 Å². The maximum Gasteiger partial charge on any atom is 0.0961 e. The predicted octanol–water partition coefficient (Wildman–Crippen LogP) is 3.18. The van der Waals surface area contributed by atoms with Gasteiger partial charge in [-0.3, -0.25) is 4.98 Å². The lowest BCUT2D eigenvalue weighted by Crippen LogP contribution is -2.67. The first-order valence-electron chi connectivity index (χ1n) is 12.3. The molecule has 2 saturated heterocycles. The lowest BCUT2D eigenvalue weighted by atomic mass is 9.57. The molecule has 3 unspecified atom stereocenters. The van der Waals surface area contributed by atoms with E-state index in [1.54, 1.807) is 0 Å². The van der Waals surface area contributed by atoms with E-state index >= 15 is 0 Å². The molecule has 32 heavy (non-hydrogen) atoms. The molecular formula is C27H34N2O3. The second kappa shape index (κ2) is 5.93. The Labute approximate surface area is 190 Å². The third-order valence-corrected chi connectivity index (χ3v) is 10.7. The summed E-state index contributed by atoms with van der Waals surface area (Å²) in [5.74, 6) is 0.791. The number of fused-ring (bicyclic) bond motifs is 2. The van der Waals surface area contributed by atoms with Gasteiger partial charge in [0, 0.05) is 35.2 Å². The molecular weight excluding hydrogens is 400 g/mol. The van der Waals surface area contributed by atoms with E-state index in [9.17, 15) is 10.2 Å². The highest BCUT2D eigenvalue weighted by Gasteiger charge is 2.84. The molecule has 9 atom stereocenters. The fourth-order valence-electron chi connectivity index (χ4n) is 9.16. The van der Waals surface area contributed by atoms with Crippen LogP contribution >= 0.6 is 0 Å². The summed E-state index contributed by atoms with van der Waals surface area (Å²) in [5, 5.41) is 22.5.